The first-order valence-corrected chi connectivity index (χ1v) is 7.19. The summed E-state index contributed by atoms with van der Waals surface area (Å²) in [5.41, 5.74) is 8.26. The molecule has 1 aromatic carbocycles. The number of hydrogen-bond acceptors (Lipinski definition) is 2. The summed E-state index contributed by atoms with van der Waals surface area (Å²) in [5.74, 6) is 0.967. The average molecular weight is 260 g/mol. The molecule has 1 heterocycles. The van der Waals surface area contributed by atoms with E-state index in [1.165, 1.54) is 11.1 Å². The van der Waals surface area contributed by atoms with E-state index in [-0.39, 0.29) is 11.8 Å². The van der Waals surface area contributed by atoms with E-state index in [2.05, 4.69) is 24.3 Å². The van der Waals surface area contributed by atoms with E-state index in [0.717, 1.165) is 25.9 Å². The standard InChI is InChI=1S/C16H24N2O/c1-12(2)16(19)18-8-6-14(7-9-18)15-5-3-4-13(10-15)11-17/h3-5,10,12,14H,6-9,11,17H2,1-2H3. The highest BCUT2D eigenvalue weighted by atomic mass is 16.2. The minimum atomic E-state index is 0.108. The summed E-state index contributed by atoms with van der Waals surface area (Å²) < 4.78 is 0. The van der Waals surface area contributed by atoms with Crippen LogP contribution in [0.25, 0.3) is 0 Å². The Labute approximate surface area is 115 Å². The molecule has 0 saturated carbocycles. The van der Waals surface area contributed by atoms with Gasteiger partial charge < -0.3 is 10.6 Å². The SMILES string of the molecule is CC(C)C(=O)N1CCC(c2cccc(CN)c2)CC1. The van der Waals surface area contributed by atoms with E-state index in [1.807, 2.05) is 18.7 Å². The van der Waals surface area contributed by atoms with Crippen molar-refractivity contribution in [1.29, 1.82) is 0 Å². The van der Waals surface area contributed by atoms with Gasteiger partial charge in [-0.05, 0) is 29.9 Å². The molecular weight excluding hydrogens is 236 g/mol. The van der Waals surface area contributed by atoms with Crippen LogP contribution in [0.2, 0.25) is 0 Å². The predicted molar refractivity (Wildman–Crippen MR) is 77.7 cm³/mol. The number of likely N-dealkylation sites (tertiary alicyclic amines) is 1. The lowest BCUT2D eigenvalue weighted by Crippen LogP contribution is -2.40. The molecule has 2 N–H and O–H groups in total. The normalized spacial score (nSPS) is 16.9. The monoisotopic (exact) mass is 260 g/mol. The van der Waals surface area contributed by atoms with Crippen molar-refractivity contribution in [3.05, 3.63) is 35.4 Å². The smallest absolute Gasteiger partial charge is 0.225 e. The molecule has 0 aromatic heterocycles. The lowest BCUT2D eigenvalue weighted by molar-refractivity contribution is -0.135. The maximum Gasteiger partial charge on any atom is 0.225 e. The summed E-state index contributed by atoms with van der Waals surface area (Å²) in [5, 5.41) is 0. The van der Waals surface area contributed by atoms with Crippen LogP contribution in [-0.2, 0) is 11.3 Å². The molecule has 1 aliphatic heterocycles. The second-order valence-electron chi connectivity index (χ2n) is 5.70. The first-order chi connectivity index (χ1) is 9.11. The molecule has 2 rings (SSSR count). The van der Waals surface area contributed by atoms with Crippen LogP contribution >= 0.6 is 0 Å². The highest BCUT2D eigenvalue weighted by Gasteiger charge is 2.24. The molecule has 0 aliphatic carbocycles. The quantitative estimate of drug-likeness (QED) is 0.907. The molecule has 104 valence electrons. The molecule has 3 heteroatoms. The van der Waals surface area contributed by atoms with Crippen molar-refractivity contribution in [2.45, 2.75) is 39.2 Å². The average Bonchev–Trinajstić information content (AvgIpc) is 2.46. The number of amides is 1. The van der Waals surface area contributed by atoms with E-state index in [1.54, 1.807) is 0 Å². The van der Waals surface area contributed by atoms with Crippen LogP contribution in [0.15, 0.2) is 24.3 Å². The molecule has 0 atom stereocenters. The Kier molecular flexibility index (Phi) is 4.59. The number of benzene rings is 1. The van der Waals surface area contributed by atoms with Gasteiger partial charge in [-0.3, -0.25) is 4.79 Å². The van der Waals surface area contributed by atoms with Crippen LogP contribution in [0.3, 0.4) is 0 Å². The Morgan fingerprint density at radius 3 is 2.63 bits per heavy atom. The van der Waals surface area contributed by atoms with Gasteiger partial charge in [0.05, 0.1) is 0 Å². The zero-order valence-electron chi connectivity index (χ0n) is 11.9. The third kappa shape index (κ3) is 3.35. The molecule has 3 nitrogen and oxygen atoms in total. The van der Waals surface area contributed by atoms with Crippen LogP contribution in [0.4, 0.5) is 0 Å². The Hall–Kier alpha value is -1.35. The van der Waals surface area contributed by atoms with Crippen LogP contribution in [-0.4, -0.2) is 23.9 Å². The summed E-state index contributed by atoms with van der Waals surface area (Å²) in [6, 6.07) is 8.55. The van der Waals surface area contributed by atoms with Crippen LogP contribution in [0, 0.1) is 5.92 Å². The lowest BCUT2D eigenvalue weighted by Gasteiger charge is -2.33. The topological polar surface area (TPSA) is 46.3 Å². The first kappa shape index (κ1) is 14.1. The number of piperidine rings is 1. The largest absolute Gasteiger partial charge is 0.342 e. The zero-order chi connectivity index (χ0) is 13.8. The van der Waals surface area contributed by atoms with Crippen LogP contribution < -0.4 is 5.73 Å². The van der Waals surface area contributed by atoms with E-state index < -0.39 is 0 Å². The summed E-state index contributed by atoms with van der Waals surface area (Å²) >= 11 is 0. The van der Waals surface area contributed by atoms with Crippen molar-refractivity contribution < 1.29 is 4.79 Å². The first-order valence-electron chi connectivity index (χ1n) is 7.19. The van der Waals surface area contributed by atoms with E-state index in [0.29, 0.717) is 12.5 Å². The number of carbonyl (C=O) groups excluding carboxylic acids is 1. The molecular formula is C16H24N2O. The fourth-order valence-corrected chi connectivity index (χ4v) is 2.77. The Morgan fingerprint density at radius 2 is 2.05 bits per heavy atom. The Bertz CT molecular complexity index is 434. The predicted octanol–water partition coefficient (Wildman–Crippen LogP) is 2.51. The third-order valence-electron chi connectivity index (χ3n) is 3.96. The van der Waals surface area contributed by atoms with Gasteiger partial charge in [-0.15, -0.1) is 0 Å². The fraction of sp³-hybridized carbons (Fsp3) is 0.562. The van der Waals surface area contributed by atoms with Crippen LogP contribution in [0.5, 0.6) is 0 Å². The van der Waals surface area contributed by atoms with Crippen molar-refractivity contribution in [1.82, 2.24) is 4.90 Å². The van der Waals surface area contributed by atoms with Crippen molar-refractivity contribution in [2.24, 2.45) is 11.7 Å². The minimum Gasteiger partial charge on any atom is -0.342 e. The maximum absolute atomic E-state index is 12.0. The lowest BCUT2D eigenvalue weighted by atomic mass is 9.88. The van der Waals surface area contributed by atoms with Crippen LogP contribution in [0.1, 0.15) is 43.7 Å². The highest BCUT2D eigenvalue weighted by molar-refractivity contribution is 5.78. The molecule has 0 bridgehead atoms. The van der Waals surface area contributed by atoms with Gasteiger partial charge >= 0.3 is 0 Å². The maximum atomic E-state index is 12.0. The number of carbonyl (C=O) groups is 1. The van der Waals surface area contributed by atoms with Gasteiger partial charge in [-0.25, -0.2) is 0 Å². The Morgan fingerprint density at radius 1 is 1.37 bits per heavy atom. The molecule has 1 fully saturated rings. The zero-order valence-corrected chi connectivity index (χ0v) is 11.9. The number of nitrogens with zero attached hydrogens (tertiary/aromatic N) is 1. The van der Waals surface area contributed by atoms with Gasteiger partial charge in [0.1, 0.15) is 0 Å². The molecule has 1 aliphatic rings. The highest BCUT2D eigenvalue weighted by Crippen LogP contribution is 2.29. The second-order valence-corrected chi connectivity index (χ2v) is 5.70. The number of hydrogen-bond donors (Lipinski definition) is 1. The molecule has 1 aromatic rings. The molecule has 0 unspecified atom stereocenters. The van der Waals surface area contributed by atoms with E-state index in [9.17, 15) is 4.79 Å². The summed E-state index contributed by atoms with van der Waals surface area (Å²) in [6.07, 6.45) is 2.12. The van der Waals surface area contributed by atoms with Gasteiger partial charge in [0.25, 0.3) is 0 Å². The number of rotatable bonds is 3. The molecule has 19 heavy (non-hydrogen) atoms. The summed E-state index contributed by atoms with van der Waals surface area (Å²) in [6.45, 7) is 6.31. The van der Waals surface area contributed by atoms with Crippen molar-refractivity contribution >= 4 is 5.91 Å². The molecule has 0 spiro atoms. The Balaban J connectivity index is 1.97. The summed E-state index contributed by atoms with van der Waals surface area (Å²) in [4.78, 5) is 14.0. The van der Waals surface area contributed by atoms with E-state index >= 15 is 0 Å². The van der Waals surface area contributed by atoms with E-state index in [4.69, 9.17) is 5.73 Å². The van der Waals surface area contributed by atoms with Gasteiger partial charge in [-0.1, -0.05) is 38.1 Å². The van der Waals surface area contributed by atoms with Gasteiger partial charge in [0.15, 0.2) is 0 Å². The van der Waals surface area contributed by atoms with Gasteiger partial charge in [0.2, 0.25) is 5.91 Å². The van der Waals surface area contributed by atoms with Gasteiger partial charge in [0, 0.05) is 25.6 Å². The summed E-state index contributed by atoms with van der Waals surface area (Å²) in [7, 11) is 0. The van der Waals surface area contributed by atoms with Gasteiger partial charge in [-0.2, -0.15) is 0 Å². The minimum absolute atomic E-state index is 0.108. The van der Waals surface area contributed by atoms with Crippen molar-refractivity contribution in [3.8, 4) is 0 Å². The second kappa shape index (κ2) is 6.20. The van der Waals surface area contributed by atoms with Crippen molar-refractivity contribution in [2.75, 3.05) is 13.1 Å². The van der Waals surface area contributed by atoms with Crippen molar-refractivity contribution in [3.63, 3.8) is 0 Å². The fourth-order valence-electron chi connectivity index (χ4n) is 2.77. The molecule has 0 radical (unpaired) electrons. The molecule has 1 amide bonds. The number of nitrogens with two attached hydrogens (primary N) is 1. The molecule has 1 saturated heterocycles. The third-order valence-corrected chi connectivity index (χ3v) is 3.96.